The van der Waals surface area contributed by atoms with E-state index in [1.807, 2.05) is 24.0 Å². The van der Waals surface area contributed by atoms with Crippen molar-refractivity contribution in [2.24, 2.45) is 7.05 Å². The van der Waals surface area contributed by atoms with E-state index in [0.717, 1.165) is 44.0 Å². The van der Waals surface area contributed by atoms with Gasteiger partial charge in [0, 0.05) is 44.3 Å². The first-order valence-corrected chi connectivity index (χ1v) is 9.12. The number of nitrogens with zero attached hydrogens (tertiary/aromatic N) is 5. The van der Waals surface area contributed by atoms with E-state index in [1.54, 1.807) is 30.6 Å². The molecule has 4 rings (SSSR count). The van der Waals surface area contributed by atoms with Gasteiger partial charge in [-0.05, 0) is 31.5 Å². The summed E-state index contributed by atoms with van der Waals surface area (Å²) < 4.78 is 21.8. The lowest BCUT2D eigenvalue weighted by Gasteiger charge is -2.32. The maximum absolute atomic E-state index is 14.0. The predicted octanol–water partition coefficient (Wildman–Crippen LogP) is 3.52. The predicted molar refractivity (Wildman–Crippen MR) is 99.0 cm³/mol. The molecule has 1 aliphatic heterocycles. The second-order valence-corrected chi connectivity index (χ2v) is 6.81. The van der Waals surface area contributed by atoms with Crippen molar-refractivity contribution in [2.75, 3.05) is 13.1 Å². The van der Waals surface area contributed by atoms with Crippen LogP contribution in [0.25, 0.3) is 0 Å². The van der Waals surface area contributed by atoms with Gasteiger partial charge in [0.1, 0.15) is 11.5 Å². The molecule has 1 aromatic carbocycles. The van der Waals surface area contributed by atoms with Gasteiger partial charge in [-0.25, -0.2) is 14.4 Å². The summed E-state index contributed by atoms with van der Waals surface area (Å²) in [4.78, 5) is 15.6. The first-order valence-electron chi connectivity index (χ1n) is 9.12. The van der Waals surface area contributed by atoms with Crippen LogP contribution < -0.4 is 4.74 Å². The van der Waals surface area contributed by atoms with Crippen molar-refractivity contribution < 1.29 is 9.13 Å². The number of rotatable bonds is 5. The largest absolute Gasteiger partial charge is 0.434 e. The monoisotopic (exact) mass is 367 g/mol. The van der Waals surface area contributed by atoms with Crippen LogP contribution in [0.15, 0.2) is 49.1 Å². The van der Waals surface area contributed by atoms with Crippen molar-refractivity contribution in [3.05, 3.63) is 66.4 Å². The summed E-state index contributed by atoms with van der Waals surface area (Å²) >= 11 is 0. The van der Waals surface area contributed by atoms with Gasteiger partial charge in [0.2, 0.25) is 5.88 Å². The molecule has 0 aliphatic carbocycles. The number of hydrogen-bond donors (Lipinski definition) is 0. The number of halogens is 1. The molecule has 0 N–H and O–H groups in total. The number of imidazole rings is 1. The molecule has 0 spiro atoms. The number of ether oxygens (including phenoxy) is 1. The third-order valence-corrected chi connectivity index (χ3v) is 4.91. The molecule has 0 bridgehead atoms. The fourth-order valence-electron chi connectivity index (χ4n) is 3.50. The van der Waals surface area contributed by atoms with Gasteiger partial charge >= 0.3 is 0 Å². The zero-order valence-corrected chi connectivity index (χ0v) is 15.3. The Morgan fingerprint density at radius 1 is 1.15 bits per heavy atom. The van der Waals surface area contributed by atoms with Crippen LogP contribution in [0.2, 0.25) is 0 Å². The standard InChI is InChI=1S/C20H22FN5O/c1-25-12-10-22-18(25)14-26-11-4-5-15(13-26)19-20(24-9-8-23-19)27-17-7-3-2-6-16(17)21/h2-3,6-10,12,15H,4-5,11,13-14H2,1H3/t15-/m0/s1. The van der Waals surface area contributed by atoms with Crippen molar-refractivity contribution in [1.82, 2.24) is 24.4 Å². The minimum Gasteiger partial charge on any atom is -0.434 e. The molecule has 0 radical (unpaired) electrons. The van der Waals surface area contributed by atoms with Crippen LogP contribution in [0.5, 0.6) is 11.6 Å². The van der Waals surface area contributed by atoms with Crippen LogP contribution in [0, 0.1) is 5.82 Å². The minimum absolute atomic E-state index is 0.167. The van der Waals surface area contributed by atoms with E-state index in [4.69, 9.17) is 4.74 Å². The minimum atomic E-state index is -0.408. The molecule has 1 aliphatic rings. The van der Waals surface area contributed by atoms with Crippen molar-refractivity contribution in [3.8, 4) is 11.6 Å². The zero-order valence-electron chi connectivity index (χ0n) is 15.3. The van der Waals surface area contributed by atoms with Crippen molar-refractivity contribution in [2.45, 2.75) is 25.3 Å². The van der Waals surface area contributed by atoms with Crippen LogP contribution >= 0.6 is 0 Å². The number of aryl methyl sites for hydroxylation is 1. The Morgan fingerprint density at radius 2 is 2.00 bits per heavy atom. The average Bonchev–Trinajstić information content (AvgIpc) is 3.09. The molecule has 3 heterocycles. The number of hydrogen-bond acceptors (Lipinski definition) is 5. The molecule has 0 unspecified atom stereocenters. The highest BCUT2D eigenvalue weighted by Crippen LogP contribution is 2.33. The fraction of sp³-hybridized carbons (Fsp3) is 0.350. The van der Waals surface area contributed by atoms with E-state index in [9.17, 15) is 4.39 Å². The lowest BCUT2D eigenvalue weighted by atomic mass is 9.94. The quantitative estimate of drug-likeness (QED) is 0.691. The lowest BCUT2D eigenvalue weighted by molar-refractivity contribution is 0.190. The van der Waals surface area contributed by atoms with Gasteiger partial charge in [-0.2, -0.15) is 0 Å². The van der Waals surface area contributed by atoms with E-state index >= 15 is 0 Å². The van der Waals surface area contributed by atoms with E-state index in [0.29, 0.717) is 5.88 Å². The van der Waals surface area contributed by atoms with Gasteiger partial charge in [0.15, 0.2) is 11.6 Å². The highest BCUT2D eigenvalue weighted by atomic mass is 19.1. The van der Waals surface area contributed by atoms with Gasteiger partial charge in [-0.1, -0.05) is 12.1 Å². The van der Waals surface area contributed by atoms with Gasteiger partial charge < -0.3 is 9.30 Å². The summed E-state index contributed by atoms with van der Waals surface area (Å²) in [5, 5.41) is 0. The molecule has 2 aromatic heterocycles. The molecule has 0 saturated carbocycles. The molecule has 1 atom stereocenters. The van der Waals surface area contributed by atoms with Crippen molar-refractivity contribution in [1.29, 1.82) is 0 Å². The molecule has 0 amide bonds. The molecular formula is C20H22FN5O. The Kier molecular flexibility index (Phi) is 5.11. The highest BCUT2D eigenvalue weighted by Gasteiger charge is 2.26. The topological polar surface area (TPSA) is 56.1 Å². The van der Waals surface area contributed by atoms with Crippen LogP contribution in [0.4, 0.5) is 4.39 Å². The highest BCUT2D eigenvalue weighted by molar-refractivity contribution is 5.32. The van der Waals surface area contributed by atoms with Crippen molar-refractivity contribution >= 4 is 0 Å². The lowest BCUT2D eigenvalue weighted by Crippen LogP contribution is -2.35. The summed E-state index contributed by atoms with van der Waals surface area (Å²) in [6.07, 6.45) is 9.09. The van der Waals surface area contributed by atoms with Crippen LogP contribution in [0.3, 0.4) is 0 Å². The number of aromatic nitrogens is 4. The second-order valence-electron chi connectivity index (χ2n) is 6.81. The smallest absolute Gasteiger partial charge is 0.241 e. The van der Waals surface area contributed by atoms with E-state index in [2.05, 4.69) is 19.9 Å². The van der Waals surface area contributed by atoms with Gasteiger partial charge in [0.05, 0.1) is 6.54 Å². The third-order valence-electron chi connectivity index (χ3n) is 4.91. The van der Waals surface area contributed by atoms with Crippen LogP contribution in [0.1, 0.15) is 30.3 Å². The van der Waals surface area contributed by atoms with E-state index in [1.165, 1.54) is 6.07 Å². The van der Waals surface area contributed by atoms with E-state index < -0.39 is 5.82 Å². The number of likely N-dealkylation sites (tertiary alicyclic amines) is 1. The molecule has 6 nitrogen and oxygen atoms in total. The molecular weight excluding hydrogens is 345 g/mol. The Bertz CT molecular complexity index is 913. The number of benzene rings is 1. The zero-order chi connectivity index (χ0) is 18.6. The normalized spacial score (nSPS) is 17.8. The van der Waals surface area contributed by atoms with Gasteiger partial charge in [0.25, 0.3) is 0 Å². The molecule has 7 heteroatoms. The Balaban J connectivity index is 1.52. The van der Waals surface area contributed by atoms with Crippen LogP contribution in [-0.2, 0) is 13.6 Å². The third kappa shape index (κ3) is 3.98. The fourth-order valence-corrected chi connectivity index (χ4v) is 3.50. The molecule has 27 heavy (non-hydrogen) atoms. The summed E-state index contributed by atoms with van der Waals surface area (Å²) in [6.45, 7) is 2.66. The van der Waals surface area contributed by atoms with Gasteiger partial charge in [-0.15, -0.1) is 0 Å². The van der Waals surface area contributed by atoms with E-state index in [-0.39, 0.29) is 11.7 Å². The molecule has 140 valence electrons. The molecule has 1 fully saturated rings. The maximum atomic E-state index is 14.0. The summed E-state index contributed by atoms with van der Waals surface area (Å²) in [5.41, 5.74) is 0.783. The summed E-state index contributed by atoms with van der Waals surface area (Å²) in [5.74, 6) is 1.37. The first kappa shape index (κ1) is 17.6. The molecule has 3 aromatic rings. The Morgan fingerprint density at radius 3 is 2.81 bits per heavy atom. The Labute approximate surface area is 157 Å². The summed E-state index contributed by atoms with van der Waals surface area (Å²) in [7, 11) is 2.01. The average molecular weight is 367 g/mol. The van der Waals surface area contributed by atoms with Crippen LogP contribution in [-0.4, -0.2) is 37.5 Å². The van der Waals surface area contributed by atoms with Gasteiger partial charge in [-0.3, -0.25) is 9.88 Å². The Hall–Kier alpha value is -2.80. The maximum Gasteiger partial charge on any atom is 0.241 e. The second kappa shape index (κ2) is 7.84. The first-order chi connectivity index (χ1) is 13.2. The number of piperidine rings is 1. The summed E-state index contributed by atoms with van der Waals surface area (Å²) in [6, 6.07) is 6.35. The number of para-hydroxylation sites is 1. The van der Waals surface area contributed by atoms with Crippen molar-refractivity contribution in [3.63, 3.8) is 0 Å². The SMILES string of the molecule is Cn1ccnc1CN1CCC[C@H](c2nccnc2Oc2ccccc2F)C1. The molecule has 1 saturated heterocycles.